The Morgan fingerprint density at radius 2 is 2.35 bits per heavy atom. The third kappa shape index (κ3) is 5.17. The number of carbonyl (C=O) groups excluding carboxylic acids is 2. The first-order valence-electron chi connectivity index (χ1n) is 6.29. The van der Waals surface area contributed by atoms with E-state index in [0.717, 1.165) is 19.3 Å². The van der Waals surface area contributed by atoms with Gasteiger partial charge in [-0.3, -0.25) is 9.59 Å². The molecular weight excluding hydrogens is 220 g/mol. The predicted molar refractivity (Wildman–Crippen MR) is 64.3 cm³/mol. The van der Waals surface area contributed by atoms with Crippen molar-refractivity contribution in [3.05, 3.63) is 0 Å². The highest BCUT2D eigenvalue weighted by atomic mass is 16.3. The van der Waals surface area contributed by atoms with E-state index in [2.05, 4.69) is 5.32 Å². The number of aliphatic hydroxyl groups is 1. The lowest BCUT2D eigenvalue weighted by Crippen LogP contribution is -2.38. The zero-order chi connectivity index (χ0) is 12.7. The first-order chi connectivity index (χ1) is 8.13. The third-order valence-corrected chi connectivity index (χ3v) is 3.01. The molecule has 1 atom stereocenters. The summed E-state index contributed by atoms with van der Waals surface area (Å²) in [5, 5.41) is 11.6. The second kappa shape index (κ2) is 7.27. The molecule has 0 aliphatic carbocycles. The zero-order valence-corrected chi connectivity index (χ0v) is 10.4. The summed E-state index contributed by atoms with van der Waals surface area (Å²) in [6, 6.07) is 0. The maximum Gasteiger partial charge on any atom is 0.239 e. The van der Waals surface area contributed by atoms with E-state index in [1.807, 2.05) is 6.92 Å². The molecule has 0 spiro atoms. The van der Waals surface area contributed by atoms with Gasteiger partial charge in [-0.25, -0.2) is 0 Å². The van der Waals surface area contributed by atoms with Crippen LogP contribution in [0.15, 0.2) is 0 Å². The summed E-state index contributed by atoms with van der Waals surface area (Å²) in [5.41, 5.74) is 0. The van der Waals surface area contributed by atoms with Gasteiger partial charge in [-0.15, -0.1) is 0 Å². The van der Waals surface area contributed by atoms with Crippen molar-refractivity contribution in [1.82, 2.24) is 10.2 Å². The summed E-state index contributed by atoms with van der Waals surface area (Å²) in [5.74, 6) is 0.276. The lowest BCUT2D eigenvalue weighted by molar-refractivity contribution is -0.133. The van der Waals surface area contributed by atoms with Crippen molar-refractivity contribution < 1.29 is 14.7 Å². The summed E-state index contributed by atoms with van der Waals surface area (Å²) >= 11 is 0. The Balaban J connectivity index is 2.07. The minimum Gasteiger partial charge on any atom is -0.396 e. The van der Waals surface area contributed by atoms with Gasteiger partial charge in [0, 0.05) is 26.1 Å². The van der Waals surface area contributed by atoms with E-state index in [0.29, 0.717) is 19.5 Å². The number of amides is 2. The molecule has 1 heterocycles. The van der Waals surface area contributed by atoms with Crippen molar-refractivity contribution in [1.29, 1.82) is 0 Å². The number of carbonyl (C=O) groups is 2. The molecule has 1 unspecified atom stereocenters. The molecule has 0 radical (unpaired) electrons. The predicted octanol–water partition coefficient (Wildman–Crippen LogP) is 0.134. The molecule has 1 fully saturated rings. The minimum atomic E-state index is -0.0862. The van der Waals surface area contributed by atoms with Crippen LogP contribution < -0.4 is 5.32 Å². The van der Waals surface area contributed by atoms with Crippen molar-refractivity contribution in [3.8, 4) is 0 Å². The number of aliphatic hydroxyl groups excluding tert-OH is 1. The second-order valence-electron chi connectivity index (χ2n) is 4.70. The molecule has 98 valence electrons. The van der Waals surface area contributed by atoms with Crippen molar-refractivity contribution in [2.75, 3.05) is 26.2 Å². The Bertz CT molecular complexity index is 268. The number of rotatable bonds is 7. The highest BCUT2D eigenvalue weighted by Crippen LogP contribution is 2.08. The van der Waals surface area contributed by atoms with Crippen molar-refractivity contribution in [2.24, 2.45) is 5.92 Å². The molecule has 1 aliphatic heterocycles. The molecule has 1 aliphatic rings. The van der Waals surface area contributed by atoms with Crippen LogP contribution in [0.2, 0.25) is 0 Å². The average molecular weight is 242 g/mol. The average Bonchev–Trinajstić information content (AvgIpc) is 2.70. The van der Waals surface area contributed by atoms with Crippen LogP contribution in [0.3, 0.4) is 0 Å². The van der Waals surface area contributed by atoms with Crippen molar-refractivity contribution >= 4 is 11.8 Å². The Kier molecular flexibility index (Phi) is 5.97. The van der Waals surface area contributed by atoms with Crippen LogP contribution >= 0.6 is 0 Å². The van der Waals surface area contributed by atoms with Gasteiger partial charge in [-0.05, 0) is 25.2 Å². The first-order valence-corrected chi connectivity index (χ1v) is 6.29. The number of nitrogens with zero attached hydrogens (tertiary/aromatic N) is 1. The smallest absolute Gasteiger partial charge is 0.239 e. The zero-order valence-electron chi connectivity index (χ0n) is 10.4. The van der Waals surface area contributed by atoms with Crippen LogP contribution in [0, 0.1) is 5.92 Å². The van der Waals surface area contributed by atoms with Gasteiger partial charge in [-0.2, -0.15) is 0 Å². The maximum absolute atomic E-state index is 11.5. The first kappa shape index (κ1) is 14.0. The molecule has 0 aromatic heterocycles. The van der Waals surface area contributed by atoms with E-state index in [-0.39, 0.29) is 30.9 Å². The van der Waals surface area contributed by atoms with Crippen LogP contribution in [0.25, 0.3) is 0 Å². The summed E-state index contributed by atoms with van der Waals surface area (Å²) in [7, 11) is 0. The lowest BCUT2D eigenvalue weighted by atomic mass is 10.1. The van der Waals surface area contributed by atoms with Crippen LogP contribution in [-0.4, -0.2) is 48.1 Å². The van der Waals surface area contributed by atoms with Gasteiger partial charge in [0.05, 0.1) is 6.54 Å². The van der Waals surface area contributed by atoms with Gasteiger partial charge in [0.2, 0.25) is 11.8 Å². The summed E-state index contributed by atoms with van der Waals surface area (Å²) in [6.45, 7) is 3.67. The Morgan fingerprint density at radius 3 is 2.94 bits per heavy atom. The van der Waals surface area contributed by atoms with Gasteiger partial charge >= 0.3 is 0 Å². The SMILES string of the molecule is CC(CO)CCCNC(=O)CN1CCCC1=O. The molecule has 1 rings (SSSR count). The summed E-state index contributed by atoms with van der Waals surface area (Å²) in [6.07, 6.45) is 3.20. The molecule has 0 aromatic carbocycles. The molecule has 2 N–H and O–H groups in total. The van der Waals surface area contributed by atoms with Crippen LogP contribution in [0.5, 0.6) is 0 Å². The lowest BCUT2D eigenvalue weighted by Gasteiger charge is -2.15. The Hall–Kier alpha value is -1.10. The topological polar surface area (TPSA) is 69.6 Å². The van der Waals surface area contributed by atoms with E-state index in [9.17, 15) is 9.59 Å². The largest absolute Gasteiger partial charge is 0.396 e. The van der Waals surface area contributed by atoms with Crippen LogP contribution in [-0.2, 0) is 9.59 Å². The van der Waals surface area contributed by atoms with Crippen molar-refractivity contribution in [3.63, 3.8) is 0 Å². The maximum atomic E-state index is 11.5. The Morgan fingerprint density at radius 1 is 1.59 bits per heavy atom. The van der Waals surface area contributed by atoms with Gasteiger partial charge < -0.3 is 15.3 Å². The third-order valence-electron chi connectivity index (χ3n) is 3.01. The van der Waals surface area contributed by atoms with E-state index < -0.39 is 0 Å². The molecule has 17 heavy (non-hydrogen) atoms. The Labute approximate surface area is 102 Å². The van der Waals surface area contributed by atoms with E-state index in [1.54, 1.807) is 4.90 Å². The minimum absolute atomic E-state index is 0.0778. The fourth-order valence-corrected chi connectivity index (χ4v) is 1.87. The molecule has 5 heteroatoms. The molecule has 0 bridgehead atoms. The molecule has 2 amide bonds. The fraction of sp³-hybridized carbons (Fsp3) is 0.833. The molecule has 5 nitrogen and oxygen atoms in total. The fourth-order valence-electron chi connectivity index (χ4n) is 1.87. The summed E-state index contributed by atoms with van der Waals surface area (Å²) < 4.78 is 0. The standard InChI is InChI=1S/C12H22N2O3/c1-10(9-15)4-2-6-13-11(16)8-14-7-3-5-12(14)17/h10,15H,2-9H2,1H3,(H,13,16). The van der Waals surface area contributed by atoms with Crippen LogP contribution in [0.1, 0.15) is 32.6 Å². The molecule has 1 saturated heterocycles. The molecule has 0 aromatic rings. The second-order valence-corrected chi connectivity index (χ2v) is 4.70. The number of likely N-dealkylation sites (tertiary alicyclic amines) is 1. The van der Waals surface area contributed by atoms with E-state index >= 15 is 0 Å². The van der Waals surface area contributed by atoms with E-state index in [1.165, 1.54) is 0 Å². The van der Waals surface area contributed by atoms with Gasteiger partial charge in [0.25, 0.3) is 0 Å². The van der Waals surface area contributed by atoms with E-state index in [4.69, 9.17) is 5.11 Å². The summed E-state index contributed by atoms with van der Waals surface area (Å²) in [4.78, 5) is 24.4. The van der Waals surface area contributed by atoms with Crippen LogP contribution in [0.4, 0.5) is 0 Å². The highest BCUT2D eigenvalue weighted by Gasteiger charge is 2.21. The number of hydrogen-bond donors (Lipinski definition) is 2. The van der Waals surface area contributed by atoms with Gasteiger partial charge in [0.1, 0.15) is 0 Å². The van der Waals surface area contributed by atoms with Gasteiger partial charge in [-0.1, -0.05) is 6.92 Å². The normalized spacial score (nSPS) is 17.3. The van der Waals surface area contributed by atoms with Gasteiger partial charge in [0.15, 0.2) is 0 Å². The number of hydrogen-bond acceptors (Lipinski definition) is 3. The quantitative estimate of drug-likeness (QED) is 0.624. The monoisotopic (exact) mass is 242 g/mol. The van der Waals surface area contributed by atoms with Crippen molar-refractivity contribution in [2.45, 2.75) is 32.6 Å². The molecule has 0 saturated carbocycles. The number of nitrogens with one attached hydrogen (secondary N) is 1. The molecular formula is C12H22N2O3. The highest BCUT2D eigenvalue weighted by molar-refractivity contribution is 5.85.